The number of unbranched alkanes of at least 4 members (excludes halogenated alkanes) is 1. The molecule has 1 rings (SSSR count). The van der Waals surface area contributed by atoms with Crippen molar-refractivity contribution in [1.29, 1.82) is 0 Å². The van der Waals surface area contributed by atoms with Crippen molar-refractivity contribution in [3.8, 4) is 0 Å². The van der Waals surface area contributed by atoms with Crippen molar-refractivity contribution >= 4 is 47.4 Å². The number of hydrogen-bond donors (Lipinski definition) is 10. The van der Waals surface area contributed by atoms with Gasteiger partial charge in [-0.05, 0) is 46.0 Å². The molecule has 6 amide bonds. The average Bonchev–Trinajstić information content (AvgIpc) is 2.90. The van der Waals surface area contributed by atoms with E-state index in [1.54, 1.807) is 0 Å². The van der Waals surface area contributed by atoms with Crippen LogP contribution in [0.5, 0.6) is 0 Å². The predicted molar refractivity (Wildman–Crippen MR) is 149 cm³/mol. The van der Waals surface area contributed by atoms with Gasteiger partial charge in [0.2, 0.25) is 35.4 Å². The molecule has 0 aromatic heterocycles. The van der Waals surface area contributed by atoms with Crippen molar-refractivity contribution in [2.24, 2.45) is 22.2 Å². The maximum Gasteiger partial charge on any atom is 0.323 e. The summed E-state index contributed by atoms with van der Waals surface area (Å²) < 4.78 is 0. The first-order chi connectivity index (χ1) is 19.6. The van der Waals surface area contributed by atoms with Gasteiger partial charge in [0.05, 0.1) is 0 Å². The van der Waals surface area contributed by atoms with E-state index in [4.69, 9.17) is 17.2 Å². The number of carboxylic acids is 1. The Bertz CT molecular complexity index is 1050. The Labute approximate surface area is 242 Å². The first-order valence-electron chi connectivity index (χ1n) is 13.4. The minimum Gasteiger partial charge on any atom is -0.480 e. The molecule has 1 fully saturated rings. The number of nitrogens with zero attached hydrogens (tertiary/aromatic N) is 1. The van der Waals surface area contributed by atoms with Crippen LogP contribution in [-0.2, 0) is 33.6 Å². The minimum absolute atomic E-state index is 0.0400. The first kappa shape index (κ1) is 35.5. The Kier molecular flexibility index (Phi) is 14.7. The predicted octanol–water partition coefficient (Wildman–Crippen LogP) is -4.76. The molecular formula is C24H42N10O8. The smallest absolute Gasteiger partial charge is 0.323 e. The van der Waals surface area contributed by atoms with Gasteiger partial charge in [0.15, 0.2) is 5.96 Å². The number of hydrogen-bond acceptors (Lipinski definition) is 9. The molecule has 0 spiro atoms. The molecule has 0 aromatic carbocycles. The number of nitrogens with one attached hydrogen (secondary N) is 6. The third-order valence-corrected chi connectivity index (χ3v) is 6.23. The fourth-order valence-electron chi connectivity index (χ4n) is 3.84. The second-order valence-corrected chi connectivity index (χ2v) is 9.86. The fourth-order valence-corrected chi connectivity index (χ4v) is 3.84. The summed E-state index contributed by atoms with van der Waals surface area (Å²) in [4.78, 5) is 91.7. The summed E-state index contributed by atoms with van der Waals surface area (Å²) in [5, 5.41) is 24.1. The van der Waals surface area contributed by atoms with E-state index < -0.39 is 71.8 Å². The third kappa shape index (κ3) is 12.4. The Morgan fingerprint density at radius 3 is 1.81 bits per heavy atom. The quantitative estimate of drug-likeness (QED) is 0.0611. The van der Waals surface area contributed by atoms with Crippen molar-refractivity contribution in [2.75, 3.05) is 13.1 Å². The van der Waals surface area contributed by atoms with E-state index in [2.05, 4.69) is 36.9 Å². The van der Waals surface area contributed by atoms with Gasteiger partial charge in [-0.25, -0.2) is 0 Å². The van der Waals surface area contributed by atoms with Gasteiger partial charge in [0.25, 0.3) is 0 Å². The van der Waals surface area contributed by atoms with E-state index in [0.717, 1.165) is 0 Å². The van der Waals surface area contributed by atoms with Crippen molar-refractivity contribution < 1.29 is 38.7 Å². The van der Waals surface area contributed by atoms with Crippen LogP contribution in [0.1, 0.15) is 52.9 Å². The maximum atomic E-state index is 13.1. The Morgan fingerprint density at radius 1 is 0.810 bits per heavy atom. The lowest BCUT2D eigenvalue weighted by atomic mass is 10.0. The average molecular weight is 599 g/mol. The summed E-state index contributed by atoms with van der Waals surface area (Å²) in [5.41, 5.74) is 16.3. The van der Waals surface area contributed by atoms with Gasteiger partial charge in [0, 0.05) is 20.0 Å². The molecule has 1 heterocycles. The van der Waals surface area contributed by atoms with E-state index in [9.17, 15) is 38.7 Å². The molecule has 18 nitrogen and oxygen atoms in total. The van der Waals surface area contributed by atoms with Gasteiger partial charge in [-0.1, -0.05) is 0 Å². The Morgan fingerprint density at radius 2 is 1.31 bits per heavy atom. The second kappa shape index (κ2) is 17.4. The molecule has 236 valence electrons. The number of aliphatic imine (C=N–C) groups is 1. The largest absolute Gasteiger partial charge is 0.480 e. The van der Waals surface area contributed by atoms with Gasteiger partial charge < -0.3 is 54.2 Å². The van der Waals surface area contributed by atoms with Crippen molar-refractivity contribution in [1.82, 2.24) is 31.9 Å². The highest BCUT2D eigenvalue weighted by molar-refractivity contribution is 5.99. The molecule has 1 aliphatic rings. The van der Waals surface area contributed by atoms with E-state index in [-0.39, 0.29) is 37.7 Å². The van der Waals surface area contributed by atoms with Crippen LogP contribution in [0.3, 0.4) is 0 Å². The lowest BCUT2D eigenvalue weighted by molar-refractivity contribution is -0.143. The number of amides is 6. The number of rotatable bonds is 11. The molecule has 1 aliphatic heterocycles. The standard InChI is InChI=1S/C24H42N10O8/c1-11-18(36)32-15(8-6-10-29-24(26)27)21(39)31-12(2)19(37)34-17(16(25)23(41)42)22(40)33-14(20(38)30-11)7-4-5-9-28-13(3)35/h11-12,14-17H,4-10,25H2,1-3H3,(H,28,35)(H,30,38)(H,31,39)(H,32,36)(H,33,40)(H,34,37)(H,41,42)(H4,26,27,29)/t11-,12-,14-,15-,16?,17-/m0/s1. The number of carboxylic acid groups (broad SMARTS) is 1. The number of carbonyl (C=O) groups is 7. The van der Waals surface area contributed by atoms with Gasteiger partial charge in [-0.15, -0.1) is 0 Å². The molecule has 0 aromatic rings. The van der Waals surface area contributed by atoms with Crippen LogP contribution in [0.4, 0.5) is 0 Å². The molecular weight excluding hydrogens is 556 g/mol. The summed E-state index contributed by atoms with van der Waals surface area (Å²) in [5.74, 6) is -6.28. The van der Waals surface area contributed by atoms with E-state index in [0.29, 0.717) is 19.4 Å². The van der Waals surface area contributed by atoms with E-state index >= 15 is 0 Å². The molecule has 0 radical (unpaired) electrons. The third-order valence-electron chi connectivity index (χ3n) is 6.23. The summed E-state index contributed by atoms with van der Waals surface area (Å²) in [6, 6.07) is -8.58. The van der Waals surface area contributed by atoms with Crippen LogP contribution < -0.4 is 49.1 Å². The van der Waals surface area contributed by atoms with E-state index in [1.165, 1.54) is 20.8 Å². The van der Waals surface area contributed by atoms with Gasteiger partial charge in [0.1, 0.15) is 36.3 Å². The van der Waals surface area contributed by atoms with Crippen molar-refractivity contribution in [2.45, 2.75) is 89.1 Å². The second-order valence-electron chi connectivity index (χ2n) is 9.86. The minimum atomic E-state index is -1.90. The van der Waals surface area contributed by atoms with Crippen LogP contribution >= 0.6 is 0 Å². The van der Waals surface area contributed by atoms with Gasteiger partial charge in [-0.3, -0.25) is 38.6 Å². The molecule has 18 heteroatoms. The summed E-state index contributed by atoms with van der Waals surface area (Å²) >= 11 is 0. The Hall–Kier alpha value is -4.48. The fraction of sp³-hybridized carbons (Fsp3) is 0.667. The van der Waals surface area contributed by atoms with Crippen molar-refractivity contribution in [3.05, 3.63) is 0 Å². The first-order valence-corrected chi connectivity index (χ1v) is 13.4. The lowest BCUT2D eigenvalue weighted by Gasteiger charge is -2.26. The SMILES string of the molecule is CC(=O)NCCCC[C@@H]1NC(=O)[C@H](C(N)C(=O)O)NC(=O)[C@H](C)NC(=O)[C@H](CCCN=C(N)N)NC(=O)[C@H](C)NC1=O. The van der Waals surface area contributed by atoms with Gasteiger partial charge >= 0.3 is 5.97 Å². The molecule has 42 heavy (non-hydrogen) atoms. The van der Waals surface area contributed by atoms with Crippen LogP contribution in [-0.4, -0.2) is 102 Å². The number of carbonyl (C=O) groups excluding carboxylic acids is 6. The monoisotopic (exact) mass is 598 g/mol. The number of nitrogens with two attached hydrogens (primary N) is 3. The van der Waals surface area contributed by atoms with Crippen molar-refractivity contribution in [3.63, 3.8) is 0 Å². The molecule has 0 bridgehead atoms. The normalized spacial score (nSPS) is 24.8. The van der Waals surface area contributed by atoms with Crippen LogP contribution in [0, 0.1) is 0 Å². The highest BCUT2D eigenvalue weighted by Gasteiger charge is 2.37. The highest BCUT2D eigenvalue weighted by atomic mass is 16.4. The lowest BCUT2D eigenvalue weighted by Crippen LogP contribution is -2.63. The summed E-state index contributed by atoms with van der Waals surface area (Å²) in [6.45, 7) is 4.46. The molecule has 1 unspecified atom stereocenters. The highest BCUT2D eigenvalue weighted by Crippen LogP contribution is 2.06. The molecule has 0 aliphatic carbocycles. The summed E-state index contributed by atoms with van der Waals surface area (Å²) in [7, 11) is 0. The van der Waals surface area contributed by atoms with Gasteiger partial charge in [-0.2, -0.15) is 0 Å². The van der Waals surface area contributed by atoms with E-state index in [1.807, 2.05) is 0 Å². The zero-order valence-electron chi connectivity index (χ0n) is 23.9. The molecule has 13 N–H and O–H groups in total. The number of guanidine groups is 1. The number of aliphatic carboxylic acids is 1. The molecule has 1 saturated heterocycles. The molecule has 6 atom stereocenters. The zero-order chi connectivity index (χ0) is 32.0. The summed E-state index contributed by atoms with van der Waals surface area (Å²) in [6.07, 6.45) is 1.16. The van der Waals surface area contributed by atoms with Crippen LogP contribution in [0.25, 0.3) is 0 Å². The zero-order valence-corrected chi connectivity index (χ0v) is 23.9. The Balaban J connectivity index is 3.32. The van der Waals surface area contributed by atoms with Crippen LogP contribution in [0.2, 0.25) is 0 Å². The molecule has 0 saturated carbocycles. The van der Waals surface area contributed by atoms with Crippen LogP contribution in [0.15, 0.2) is 4.99 Å². The topological polar surface area (TPSA) is 302 Å². The maximum absolute atomic E-state index is 13.1.